The average molecular weight is 384 g/mol. The molecule has 0 bridgehead atoms. The van der Waals surface area contributed by atoms with Crippen LogP contribution in [0, 0.1) is 0 Å². The minimum absolute atomic E-state index is 0.0160. The number of sulfonamides is 1. The highest BCUT2D eigenvalue weighted by atomic mass is 32.2. The van der Waals surface area contributed by atoms with Crippen molar-refractivity contribution in [3.8, 4) is 0 Å². The molecule has 1 heterocycles. The number of hydrogen-bond donors (Lipinski definition) is 2. The van der Waals surface area contributed by atoms with Crippen LogP contribution in [0.3, 0.4) is 0 Å². The largest absolute Gasteiger partial charge is 0.480 e. The summed E-state index contributed by atoms with van der Waals surface area (Å²) in [7, 11) is -2.28. The minimum Gasteiger partial charge on any atom is -0.480 e. The van der Waals surface area contributed by atoms with Crippen LogP contribution in [-0.2, 0) is 19.6 Å². The van der Waals surface area contributed by atoms with Gasteiger partial charge in [-0.3, -0.25) is 4.79 Å². The van der Waals surface area contributed by atoms with Gasteiger partial charge in [0, 0.05) is 44.7 Å². The number of ether oxygens (including phenoxy) is 1. The third kappa shape index (κ3) is 4.05. The van der Waals surface area contributed by atoms with Gasteiger partial charge in [-0.2, -0.15) is 4.31 Å². The van der Waals surface area contributed by atoms with Crippen molar-refractivity contribution in [2.24, 2.45) is 0 Å². The fourth-order valence-electron chi connectivity index (χ4n) is 2.64. The Balaban J connectivity index is 2.29. The Morgan fingerprint density at radius 1 is 1.27 bits per heavy atom. The molecule has 9 heteroatoms. The molecule has 8 nitrogen and oxygen atoms in total. The molecule has 0 aromatic heterocycles. The number of carbonyl (C=O) groups excluding carboxylic acids is 1. The summed E-state index contributed by atoms with van der Waals surface area (Å²) in [5, 5.41) is 12.1. The van der Waals surface area contributed by atoms with Gasteiger partial charge in [0.1, 0.15) is 5.54 Å². The van der Waals surface area contributed by atoms with Gasteiger partial charge in [0.05, 0.1) is 4.90 Å². The van der Waals surface area contributed by atoms with Crippen LogP contribution in [-0.4, -0.2) is 61.5 Å². The highest BCUT2D eigenvalue weighted by Gasteiger charge is 2.41. The van der Waals surface area contributed by atoms with E-state index in [0.717, 1.165) is 0 Å². The van der Waals surface area contributed by atoms with Crippen LogP contribution in [0.2, 0.25) is 0 Å². The van der Waals surface area contributed by atoms with Crippen LogP contribution in [0.25, 0.3) is 0 Å². The summed E-state index contributed by atoms with van der Waals surface area (Å²) >= 11 is 0. The summed E-state index contributed by atoms with van der Waals surface area (Å²) in [6.07, 6.45) is 0.310. The first kappa shape index (κ1) is 20.3. The van der Waals surface area contributed by atoms with Gasteiger partial charge in [0.15, 0.2) is 0 Å². The van der Waals surface area contributed by atoms with Crippen molar-refractivity contribution in [1.82, 2.24) is 9.62 Å². The van der Waals surface area contributed by atoms with Gasteiger partial charge >= 0.3 is 5.97 Å². The van der Waals surface area contributed by atoms with Crippen molar-refractivity contribution in [3.63, 3.8) is 0 Å². The highest BCUT2D eigenvalue weighted by molar-refractivity contribution is 7.89. The Kier molecular flexibility index (Phi) is 6.05. The summed E-state index contributed by atoms with van der Waals surface area (Å²) in [5.74, 6) is -1.75. The molecule has 144 valence electrons. The first-order valence-electron chi connectivity index (χ1n) is 8.32. The second kappa shape index (κ2) is 7.73. The molecule has 1 saturated heterocycles. The Bertz CT molecular complexity index is 784. The summed E-state index contributed by atoms with van der Waals surface area (Å²) in [4.78, 5) is 24.2. The predicted molar refractivity (Wildman–Crippen MR) is 94.4 cm³/mol. The Morgan fingerprint density at radius 2 is 1.88 bits per heavy atom. The van der Waals surface area contributed by atoms with Gasteiger partial charge in [0.25, 0.3) is 5.91 Å². The van der Waals surface area contributed by atoms with Crippen LogP contribution in [0.15, 0.2) is 29.2 Å². The number of aliphatic carboxylic acids is 1. The lowest BCUT2D eigenvalue weighted by Crippen LogP contribution is -2.57. The molecule has 26 heavy (non-hydrogen) atoms. The summed E-state index contributed by atoms with van der Waals surface area (Å²) in [5.41, 5.74) is -1.31. The Morgan fingerprint density at radius 3 is 2.42 bits per heavy atom. The number of benzene rings is 1. The summed E-state index contributed by atoms with van der Waals surface area (Å²) in [6.45, 7) is 3.96. The molecule has 0 aliphatic carbocycles. The monoisotopic (exact) mass is 384 g/mol. The zero-order valence-electron chi connectivity index (χ0n) is 15.1. The molecule has 1 aliphatic rings. The molecule has 0 saturated carbocycles. The van der Waals surface area contributed by atoms with Crippen molar-refractivity contribution in [2.45, 2.75) is 43.2 Å². The maximum absolute atomic E-state index is 12.6. The molecule has 0 atom stereocenters. The van der Waals surface area contributed by atoms with E-state index in [0.29, 0.717) is 0 Å². The Hall–Kier alpha value is -1.97. The van der Waals surface area contributed by atoms with Crippen molar-refractivity contribution in [1.29, 1.82) is 0 Å². The SMILES string of the molecule is CC(C)N(C)S(=O)(=O)c1cccc(C(=O)NC2(C(=O)O)CCOCC2)c1. The number of carboxylic acid groups (broad SMARTS) is 1. The van der Waals surface area contributed by atoms with Crippen molar-refractivity contribution < 1.29 is 27.9 Å². The first-order valence-corrected chi connectivity index (χ1v) is 9.76. The maximum atomic E-state index is 12.6. The number of carbonyl (C=O) groups is 2. The molecular formula is C17H24N2O6S. The first-order chi connectivity index (χ1) is 12.1. The second-order valence-electron chi connectivity index (χ2n) is 6.60. The summed E-state index contributed by atoms with van der Waals surface area (Å²) in [6, 6.07) is 5.35. The van der Waals surface area contributed by atoms with E-state index in [1.54, 1.807) is 13.8 Å². The number of amides is 1. The molecule has 1 amide bonds. The van der Waals surface area contributed by atoms with Crippen LogP contribution < -0.4 is 5.32 Å². The smallest absolute Gasteiger partial charge is 0.329 e. The zero-order chi connectivity index (χ0) is 19.5. The van der Waals surface area contributed by atoms with Crippen LogP contribution in [0.4, 0.5) is 0 Å². The Labute approximate surface area is 153 Å². The quantitative estimate of drug-likeness (QED) is 0.759. The fraction of sp³-hybridized carbons (Fsp3) is 0.529. The van der Waals surface area contributed by atoms with Gasteiger partial charge in [-0.05, 0) is 32.0 Å². The highest BCUT2D eigenvalue weighted by Crippen LogP contribution is 2.23. The lowest BCUT2D eigenvalue weighted by Gasteiger charge is -2.33. The van der Waals surface area contributed by atoms with Crippen LogP contribution >= 0.6 is 0 Å². The third-order valence-electron chi connectivity index (χ3n) is 4.61. The fourth-order valence-corrected chi connectivity index (χ4v) is 4.06. The van der Waals surface area contributed by atoms with E-state index in [1.165, 1.54) is 35.6 Å². The molecule has 2 N–H and O–H groups in total. The van der Waals surface area contributed by atoms with E-state index in [4.69, 9.17) is 4.74 Å². The third-order valence-corrected chi connectivity index (χ3v) is 6.64. The molecule has 0 radical (unpaired) electrons. The summed E-state index contributed by atoms with van der Waals surface area (Å²) < 4.78 is 31.6. The van der Waals surface area contributed by atoms with Crippen LogP contribution in [0.1, 0.15) is 37.0 Å². The number of nitrogens with one attached hydrogen (secondary N) is 1. The molecule has 1 aromatic carbocycles. The lowest BCUT2D eigenvalue weighted by atomic mass is 9.89. The number of hydrogen-bond acceptors (Lipinski definition) is 5. The van der Waals surface area contributed by atoms with E-state index in [9.17, 15) is 23.1 Å². The van der Waals surface area contributed by atoms with Gasteiger partial charge < -0.3 is 15.2 Å². The molecule has 0 spiro atoms. The van der Waals surface area contributed by atoms with E-state index >= 15 is 0 Å². The van der Waals surface area contributed by atoms with Crippen molar-refractivity contribution >= 4 is 21.9 Å². The van der Waals surface area contributed by atoms with E-state index in [1.807, 2.05) is 0 Å². The standard InChI is InChI=1S/C17H24N2O6S/c1-12(2)19(3)26(23,24)14-6-4-5-13(11-14)15(20)18-17(16(21)22)7-9-25-10-8-17/h4-6,11-12H,7-10H2,1-3H3,(H,18,20)(H,21,22). The topological polar surface area (TPSA) is 113 Å². The van der Waals surface area contributed by atoms with Crippen molar-refractivity contribution in [2.75, 3.05) is 20.3 Å². The molecular weight excluding hydrogens is 360 g/mol. The average Bonchev–Trinajstić information content (AvgIpc) is 2.61. The predicted octanol–water partition coefficient (Wildman–Crippen LogP) is 1.08. The van der Waals surface area contributed by atoms with Gasteiger partial charge in [0.2, 0.25) is 10.0 Å². The normalized spacial score (nSPS) is 17.3. The molecule has 1 fully saturated rings. The second-order valence-corrected chi connectivity index (χ2v) is 8.59. The molecule has 1 aliphatic heterocycles. The maximum Gasteiger partial charge on any atom is 0.329 e. The van der Waals surface area contributed by atoms with Gasteiger partial charge in [-0.25, -0.2) is 13.2 Å². The van der Waals surface area contributed by atoms with E-state index in [-0.39, 0.29) is 42.6 Å². The molecule has 2 rings (SSSR count). The lowest BCUT2D eigenvalue weighted by molar-refractivity contribution is -0.148. The molecule has 0 unspecified atom stereocenters. The minimum atomic E-state index is -3.74. The number of carboxylic acids is 1. The number of rotatable bonds is 6. The van der Waals surface area contributed by atoms with E-state index in [2.05, 4.69) is 5.32 Å². The number of nitrogens with zero attached hydrogens (tertiary/aromatic N) is 1. The van der Waals surface area contributed by atoms with Gasteiger partial charge in [-0.1, -0.05) is 6.07 Å². The zero-order valence-corrected chi connectivity index (χ0v) is 15.9. The van der Waals surface area contributed by atoms with Crippen LogP contribution in [0.5, 0.6) is 0 Å². The van der Waals surface area contributed by atoms with Gasteiger partial charge in [-0.15, -0.1) is 0 Å². The van der Waals surface area contributed by atoms with Crippen molar-refractivity contribution in [3.05, 3.63) is 29.8 Å². The molecule has 1 aromatic rings. The van der Waals surface area contributed by atoms with E-state index < -0.39 is 27.4 Å².